The number of sulfonamides is 1. The largest absolute Gasteiger partial charge is 0.497 e. The molecule has 0 radical (unpaired) electrons. The molecule has 0 aliphatic heterocycles. The van der Waals surface area contributed by atoms with Gasteiger partial charge in [0.1, 0.15) is 28.8 Å². The minimum absolute atomic E-state index is 0.0753. The highest BCUT2D eigenvalue weighted by atomic mass is 35.5. The molecule has 0 bridgehead atoms. The first kappa shape index (κ1) is 20.8. The molecule has 2 aromatic carbocycles. The number of primary sulfonamides is 1. The highest BCUT2D eigenvalue weighted by molar-refractivity contribution is 7.89. The van der Waals surface area contributed by atoms with E-state index in [0.29, 0.717) is 16.8 Å². The molecule has 29 heavy (non-hydrogen) atoms. The Morgan fingerprint density at radius 3 is 2.52 bits per heavy atom. The fourth-order valence-corrected chi connectivity index (χ4v) is 3.38. The molecule has 2 N–H and O–H groups in total. The number of hydrogen-bond acceptors (Lipinski definition) is 7. The highest BCUT2D eigenvalue weighted by Gasteiger charge is 2.19. The second-order valence-corrected chi connectivity index (χ2v) is 7.90. The van der Waals surface area contributed by atoms with Crippen molar-refractivity contribution in [2.24, 2.45) is 5.14 Å². The number of pyridine rings is 1. The fraction of sp³-hybridized carbons (Fsp3) is 0.158. The first-order valence-electron chi connectivity index (χ1n) is 8.24. The van der Waals surface area contributed by atoms with Crippen molar-refractivity contribution in [2.75, 3.05) is 14.2 Å². The number of nitrogens with two attached hydrogens (primary N) is 1. The molecule has 0 aliphatic rings. The number of aromatic nitrogens is 1. The van der Waals surface area contributed by atoms with Gasteiger partial charge in [-0.1, -0.05) is 11.6 Å². The lowest BCUT2D eigenvalue weighted by atomic mass is 10.1. The lowest BCUT2D eigenvalue weighted by molar-refractivity contribution is 0.0468. The average molecular weight is 437 g/mol. The second kappa shape index (κ2) is 8.24. The Morgan fingerprint density at radius 1 is 1.10 bits per heavy atom. The van der Waals surface area contributed by atoms with Gasteiger partial charge in [-0.25, -0.2) is 23.3 Å². The maximum atomic E-state index is 12.5. The highest BCUT2D eigenvalue weighted by Crippen LogP contribution is 2.26. The summed E-state index contributed by atoms with van der Waals surface area (Å²) in [5.74, 6) is -0.00227. The number of rotatable bonds is 6. The van der Waals surface area contributed by atoms with Crippen LogP contribution in [0.1, 0.15) is 15.9 Å². The predicted octanol–water partition coefficient (Wildman–Crippen LogP) is 2.91. The maximum Gasteiger partial charge on any atom is 0.342 e. The molecule has 10 heteroatoms. The molecule has 1 aromatic heterocycles. The van der Waals surface area contributed by atoms with E-state index in [1.165, 1.54) is 19.2 Å². The van der Waals surface area contributed by atoms with Gasteiger partial charge in [-0.05, 0) is 36.4 Å². The number of carbonyl (C=O) groups excluding carboxylic acids is 1. The number of halogens is 1. The van der Waals surface area contributed by atoms with Crippen LogP contribution in [0, 0.1) is 0 Å². The van der Waals surface area contributed by atoms with Gasteiger partial charge in [0, 0.05) is 17.0 Å². The zero-order valence-corrected chi connectivity index (χ0v) is 17.1. The summed E-state index contributed by atoms with van der Waals surface area (Å²) in [5.41, 5.74) is 1.04. The van der Waals surface area contributed by atoms with Crippen LogP contribution >= 0.6 is 11.6 Å². The molecular formula is C19H17ClN2O6S. The van der Waals surface area contributed by atoms with E-state index in [1.807, 2.05) is 0 Å². The van der Waals surface area contributed by atoms with Gasteiger partial charge in [0.2, 0.25) is 10.0 Å². The number of hydrogen-bond donors (Lipinski definition) is 1. The van der Waals surface area contributed by atoms with E-state index in [0.717, 1.165) is 11.5 Å². The Hall–Kier alpha value is -2.88. The third-order valence-electron chi connectivity index (χ3n) is 4.13. The van der Waals surface area contributed by atoms with Crippen LogP contribution < -0.4 is 14.6 Å². The number of carbonyl (C=O) groups is 1. The van der Waals surface area contributed by atoms with E-state index < -0.39 is 16.0 Å². The van der Waals surface area contributed by atoms with E-state index in [-0.39, 0.29) is 28.0 Å². The summed E-state index contributed by atoms with van der Waals surface area (Å²) in [6, 6.07) is 10.7. The minimum Gasteiger partial charge on any atom is -0.497 e. The Morgan fingerprint density at radius 2 is 1.86 bits per heavy atom. The van der Waals surface area contributed by atoms with Gasteiger partial charge in [0.15, 0.2) is 0 Å². The summed E-state index contributed by atoms with van der Waals surface area (Å²) in [6.07, 6.45) is 0. The molecule has 3 aromatic rings. The van der Waals surface area contributed by atoms with Crippen molar-refractivity contribution in [2.45, 2.75) is 11.5 Å². The van der Waals surface area contributed by atoms with E-state index in [4.69, 9.17) is 31.0 Å². The van der Waals surface area contributed by atoms with Crippen molar-refractivity contribution in [3.63, 3.8) is 0 Å². The Bertz CT molecular complexity index is 1200. The molecule has 1 heterocycles. The van der Waals surface area contributed by atoms with Crippen molar-refractivity contribution >= 4 is 38.5 Å². The van der Waals surface area contributed by atoms with Crippen molar-refractivity contribution < 1.29 is 27.4 Å². The Kier molecular flexibility index (Phi) is 5.92. The monoisotopic (exact) mass is 436 g/mol. The molecular weight excluding hydrogens is 420 g/mol. The summed E-state index contributed by atoms with van der Waals surface area (Å²) in [4.78, 5) is 16.6. The SMILES string of the molecule is COc1ccc2cc(COC(=O)c3cc(S(N)(=O)=O)ccc3OC)c(Cl)nc2c1. The molecule has 3 rings (SSSR count). The molecule has 0 fully saturated rings. The summed E-state index contributed by atoms with van der Waals surface area (Å²) in [7, 11) is -1.09. The van der Waals surface area contributed by atoms with Crippen LogP contribution in [0.3, 0.4) is 0 Å². The van der Waals surface area contributed by atoms with Crippen molar-refractivity contribution in [1.29, 1.82) is 0 Å². The van der Waals surface area contributed by atoms with Gasteiger partial charge in [-0.2, -0.15) is 0 Å². The number of fused-ring (bicyclic) bond motifs is 1. The number of methoxy groups -OCH3 is 2. The number of ether oxygens (including phenoxy) is 3. The number of benzene rings is 2. The van der Waals surface area contributed by atoms with Gasteiger partial charge in [0.25, 0.3) is 0 Å². The lowest BCUT2D eigenvalue weighted by Gasteiger charge is -2.11. The fourth-order valence-electron chi connectivity index (χ4n) is 2.64. The summed E-state index contributed by atoms with van der Waals surface area (Å²) in [5, 5.41) is 6.08. The molecule has 152 valence electrons. The predicted molar refractivity (Wildman–Crippen MR) is 107 cm³/mol. The molecule has 0 saturated carbocycles. The van der Waals surface area contributed by atoms with Gasteiger partial charge in [-0.15, -0.1) is 0 Å². The summed E-state index contributed by atoms with van der Waals surface area (Å²) in [6.45, 7) is -0.171. The topological polar surface area (TPSA) is 118 Å². The first-order chi connectivity index (χ1) is 13.7. The third-order valence-corrected chi connectivity index (χ3v) is 5.37. The van der Waals surface area contributed by atoms with Crippen LogP contribution in [0.15, 0.2) is 47.4 Å². The average Bonchev–Trinajstić information content (AvgIpc) is 2.70. The van der Waals surface area contributed by atoms with Crippen LogP contribution in [-0.4, -0.2) is 33.6 Å². The van der Waals surface area contributed by atoms with Gasteiger partial charge >= 0.3 is 5.97 Å². The quantitative estimate of drug-likeness (QED) is 0.466. The molecule has 0 amide bonds. The van der Waals surface area contributed by atoms with Crippen LogP contribution in [0.2, 0.25) is 5.15 Å². The van der Waals surface area contributed by atoms with Crippen molar-refractivity contribution in [3.05, 3.63) is 58.7 Å². The first-order valence-corrected chi connectivity index (χ1v) is 10.2. The smallest absolute Gasteiger partial charge is 0.342 e. The minimum atomic E-state index is -3.99. The van der Waals surface area contributed by atoms with E-state index in [9.17, 15) is 13.2 Å². The molecule has 0 unspecified atom stereocenters. The Labute approximate surface area is 172 Å². The lowest BCUT2D eigenvalue weighted by Crippen LogP contribution is -2.14. The number of esters is 1. The zero-order chi connectivity index (χ0) is 21.2. The second-order valence-electron chi connectivity index (χ2n) is 5.98. The van der Waals surface area contributed by atoms with E-state index >= 15 is 0 Å². The molecule has 0 atom stereocenters. The number of nitrogens with zero attached hydrogens (tertiary/aromatic N) is 1. The molecule has 0 aliphatic carbocycles. The van der Waals surface area contributed by atoms with E-state index in [1.54, 1.807) is 31.4 Å². The molecule has 0 spiro atoms. The van der Waals surface area contributed by atoms with Crippen LogP contribution in [-0.2, 0) is 21.4 Å². The Balaban J connectivity index is 1.86. The van der Waals surface area contributed by atoms with Crippen molar-refractivity contribution in [3.8, 4) is 11.5 Å². The third kappa shape index (κ3) is 4.58. The van der Waals surface area contributed by atoms with Crippen LogP contribution in [0.25, 0.3) is 10.9 Å². The van der Waals surface area contributed by atoms with Crippen LogP contribution in [0.4, 0.5) is 0 Å². The molecule has 8 nitrogen and oxygen atoms in total. The zero-order valence-electron chi connectivity index (χ0n) is 15.5. The van der Waals surface area contributed by atoms with Gasteiger partial charge < -0.3 is 14.2 Å². The van der Waals surface area contributed by atoms with Gasteiger partial charge in [0.05, 0.1) is 24.6 Å². The standard InChI is InChI=1S/C19H17ClN2O6S/c1-26-13-4-3-11-7-12(18(20)22-16(11)8-13)10-28-19(23)15-9-14(29(21,24)25)5-6-17(15)27-2/h3-9H,10H2,1-2H3,(H2,21,24,25). The summed E-state index contributed by atoms with van der Waals surface area (Å²) >= 11 is 6.21. The van der Waals surface area contributed by atoms with E-state index in [2.05, 4.69) is 4.98 Å². The molecule has 0 saturated heterocycles. The summed E-state index contributed by atoms with van der Waals surface area (Å²) < 4.78 is 38.7. The normalized spacial score (nSPS) is 11.3. The maximum absolute atomic E-state index is 12.5. The van der Waals surface area contributed by atoms with Crippen LogP contribution in [0.5, 0.6) is 11.5 Å². The van der Waals surface area contributed by atoms with Gasteiger partial charge in [-0.3, -0.25) is 0 Å². The van der Waals surface area contributed by atoms with Crippen molar-refractivity contribution in [1.82, 2.24) is 4.98 Å².